The third kappa shape index (κ3) is 5.73. The Hall–Kier alpha value is -2.53. The molecule has 1 heterocycles. The standard InChI is InChI=1S/C22H28N2O3/c1-17(27-21-11-9-20(26-2)10-12-21)22(25)23-15-18-5-7-19(8-6-18)16-24-13-3-4-14-24/h5-12,17H,3-4,13-16H2,1-2H3,(H,23,25). The van der Waals surface area contributed by atoms with E-state index < -0.39 is 6.10 Å². The fraction of sp³-hybridized carbons (Fsp3) is 0.409. The largest absolute Gasteiger partial charge is 0.497 e. The van der Waals surface area contributed by atoms with Crippen LogP contribution in [0.1, 0.15) is 30.9 Å². The molecule has 144 valence electrons. The summed E-state index contributed by atoms with van der Waals surface area (Å²) in [5.41, 5.74) is 2.41. The Morgan fingerprint density at radius 1 is 1.00 bits per heavy atom. The van der Waals surface area contributed by atoms with Crippen molar-refractivity contribution in [3.63, 3.8) is 0 Å². The van der Waals surface area contributed by atoms with Crippen LogP contribution >= 0.6 is 0 Å². The van der Waals surface area contributed by atoms with Crippen LogP contribution in [0.2, 0.25) is 0 Å². The summed E-state index contributed by atoms with van der Waals surface area (Å²) in [4.78, 5) is 14.8. The van der Waals surface area contributed by atoms with Gasteiger partial charge in [-0.05, 0) is 68.2 Å². The summed E-state index contributed by atoms with van der Waals surface area (Å²) in [5.74, 6) is 1.27. The molecule has 5 nitrogen and oxygen atoms in total. The molecule has 0 aromatic heterocycles. The fourth-order valence-electron chi connectivity index (χ4n) is 3.21. The second-order valence-electron chi connectivity index (χ2n) is 6.95. The second kappa shape index (κ2) is 9.42. The summed E-state index contributed by atoms with van der Waals surface area (Å²) < 4.78 is 10.8. The highest BCUT2D eigenvalue weighted by molar-refractivity contribution is 5.80. The summed E-state index contributed by atoms with van der Waals surface area (Å²) in [6.07, 6.45) is 2.05. The van der Waals surface area contributed by atoms with Gasteiger partial charge in [-0.2, -0.15) is 0 Å². The van der Waals surface area contributed by atoms with Gasteiger partial charge in [-0.3, -0.25) is 9.69 Å². The zero-order valence-electron chi connectivity index (χ0n) is 16.1. The van der Waals surface area contributed by atoms with Crippen molar-refractivity contribution in [2.75, 3.05) is 20.2 Å². The normalized spacial score (nSPS) is 15.3. The van der Waals surface area contributed by atoms with E-state index >= 15 is 0 Å². The van der Waals surface area contributed by atoms with E-state index in [1.807, 2.05) is 12.1 Å². The first-order valence-corrected chi connectivity index (χ1v) is 9.52. The molecule has 3 rings (SSSR count). The zero-order valence-corrected chi connectivity index (χ0v) is 16.1. The molecule has 0 spiro atoms. The Morgan fingerprint density at radius 2 is 1.59 bits per heavy atom. The number of carbonyl (C=O) groups excluding carboxylic acids is 1. The first kappa shape index (κ1) is 19.2. The van der Waals surface area contributed by atoms with Crippen LogP contribution in [0.15, 0.2) is 48.5 Å². The molecular weight excluding hydrogens is 340 g/mol. The molecule has 1 N–H and O–H groups in total. The lowest BCUT2D eigenvalue weighted by molar-refractivity contribution is -0.127. The number of benzene rings is 2. The molecule has 0 saturated carbocycles. The van der Waals surface area contributed by atoms with Crippen LogP contribution in [0.3, 0.4) is 0 Å². The summed E-state index contributed by atoms with van der Waals surface area (Å²) >= 11 is 0. The van der Waals surface area contributed by atoms with Crippen LogP contribution in [-0.4, -0.2) is 37.1 Å². The second-order valence-corrected chi connectivity index (χ2v) is 6.95. The molecule has 1 amide bonds. The SMILES string of the molecule is COc1ccc(OC(C)C(=O)NCc2ccc(CN3CCCC3)cc2)cc1. The van der Waals surface area contributed by atoms with Gasteiger partial charge in [-0.25, -0.2) is 0 Å². The topological polar surface area (TPSA) is 50.8 Å². The van der Waals surface area contributed by atoms with E-state index in [9.17, 15) is 4.79 Å². The van der Waals surface area contributed by atoms with Crippen molar-refractivity contribution in [1.82, 2.24) is 10.2 Å². The summed E-state index contributed by atoms with van der Waals surface area (Å²) in [5, 5.41) is 2.94. The monoisotopic (exact) mass is 368 g/mol. The van der Waals surface area contributed by atoms with Gasteiger partial charge in [0.15, 0.2) is 6.10 Å². The Kier molecular flexibility index (Phi) is 6.71. The third-order valence-electron chi connectivity index (χ3n) is 4.84. The van der Waals surface area contributed by atoms with Gasteiger partial charge in [-0.15, -0.1) is 0 Å². The van der Waals surface area contributed by atoms with Crippen LogP contribution in [-0.2, 0) is 17.9 Å². The van der Waals surface area contributed by atoms with Crippen LogP contribution in [0, 0.1) is 0 Å². The minimum Gasteiger partial charge on any atom is -0.497 e. The number of carbonyl (C=O) groups is 1. The number of hydrogen-bond donors (Lipinski definition) is 1. The Morgan fingerprint density at radius 3 is 2.22 bits per heavy atom. The average Bonchev–Trinajstić information content (AvgIpc) is 3.21. The van der Waals surface area contributed by atoms with Gasteiger partial charge in [-0.1, -0.05) is 24.3 Å². The Labute approximate surface area is 161 Å². The first-order chi connectivity index (χ1) is 13.1. The maximum atomic E-state index is 12.3. The van der Waals surface area contributed by atoms with Crippen molar-refractivity contribution in [2.45, 2.75) is 39.0 Å². The van der Waals surface area contributed by atoms with Crippen molar-refractivity contribution in [3.05, 3.63) is 59.7 Å². The van der Waals surface area contributed by atoms with Gasteiger partial charge in [0.2, 0.25) is 0 Å². The summed E-state index contributed by atoms with van der Waals surface area (Å²) in [6.45, 7) is 5.66. The van der Waals surface area contributed by atoms with E-state index in [1.165, 1.54) is 31.5 Å². The molecule has 2 aromatic carbocycles. The molecule has 1 atom stereocenters. The molecule has 1 aliphatic rings. The fourth-order valence-corrected chi connectivity index (χ4v) is 3.21. The van der Waals surface area contributed by atoms with Gasteiger partial charge in [0, 0.05) is 13.1 Å². The van der Waals surface area contributed by atoms with Crippen molar-refractivity contribution < 1.29 is 14.3 Å². The number of methoxy groups -OCH3 is 1. The molecule has 0 aliphatic carbocycles. The van der Waals surface area contributed by atoms with E-state index in [1.54, 1.807) is 26.2 Å². The number of rotatable bonds is 8. The minimum atomic E-state index is -0.562. The minimum absolute atomic E-state index is 0.132. The smallest absolute Gasteiger partial charge is 0.261 e. The van der Waals surface area contributed by atoms with Crippen molar-refractivity contribution in [2.24, 2.45) is 0 Å². The van der Waals surface area contributed by atoms with Crippen LogP contribution < -0.4 is 14.8 Å². The number of hydrogen-bond acceptors (Lipinski definition) is 4. The predicted octanol–water partition coefficient (Wildman–Crippen LogP) is 3.37. The zero-order chi connectivity index (χ0) is 19.1. The highest BCUT2D eigenvalue weighted by Gasteiger charge is 2.15. The number of ether oxygens (including phenoxy) is 2. The van der Waals surface area contributed by atoms with E-state index in [2.05, 4.69) is 34.5 Å². The molecule has 2 aromatic rings. The van der Waals surface area contributed by atoms with Crippen LogP contribution in [0.25, 0.3) is 0 Å². The van der Waals surface area contributed by atoms with Crippen molar-refractivity contribution in [3.8, 4) is 11.5 Å². The van der Waals surface area contributed by atoms with E-state index in [4.69, 9.17) is 9.47 Å². The number of nitrogens with one attached hydrogen (secondary N) is 1. The number of amides is 1. The lowest BCUT2D eigenvalue weighted by Crippen LogP contribution is -2.35. The average molecular weight is 368 g/mol. The number of likely N-dealkylation sites (tertiary alicyclic amines) is 1. The lowest BCUT2D eigenvalue weighted by Gasteiger charge is -2.16. The molecule has 1 aliphatic heterocycles. The molecule has 1 saturated heterocycles. The van der Waals surface area contributed by atoms with Crippen molar-refractivity contribution >= 4 is 5.91 Å². The highest BCUT2D eigenvalue weighted by Crippen LogP contribution is 2.18. The predicted molar refractivity (Wildman–Crippen MR) is 106 cm³/mol. The van der Waals surface area contributed by atoms with Crippen LogP contribution in [0.5, 0.6) is 11.5 Å². The van der Waals surface area contributed by atoms with Gasteiger partial charge in [0.1, 0.15) is 11.5 Å². The number of nitrogens with zero attached hydrogens (tertiary/aromatic N) is 1. The van der Waals surface area contributed by atoms with E-state index in [0.717, 1.165) is 17.9 Å². The molecule has 0 bridgehead atoms. The maximum absolute atomic E-state index is 12.3. The molecule has 27 heavy (non-hydrogen) atoms. The summed E-state index contributed by atoms with van der Waals surface area (Å²) in [7, 11) is 1.62. The summed E-state index contributed by atoms with van der Waals surface area (Å²) in [6, 6.07) is 15.7. The quantitative estimate of drug-likeness (QED) is 0.776. The van der Waals surface area contributed by atoms with Gasteiger partial charge >= 0.3 is 0 Å². The molecule has 1 unspecified atom stereocenters. The highest BCUT2D eigenvalue weighted by atomic mass is 16.5. The maximum Gasteiger partial charge on any atom is 0.261 e. The Bertz CT molecular complexity index is 722. The Balaban J connectivity index is 1.44. The molecule has 5 heteroatoms. The van der Waals surface area contributed by atoms with Gasteiger partial charge in [0.05, 0.1) is 7.11 Å². The van der Waals surface area contributed by atoms with E-state index in [0.29, 0.717) is 12.3 Å². The lowest BCUT2D eigenvalue weighted by atomic mass is 10.1. The first-order valence-electron chi connectivity index (χ1n) is 9.52. The molecular formula is C22H28N2O3. The van der Waals surface area contributed by atoms with Crippen LogP contribution in [0.4, 0.5) is 0 Å². The van der Waals surface area contributed by atoms with E-state index in [-0.39, 0.29) is 5.91 Å². The van der Waals surface area contributed by atoms with Gasteiger partial charge < -0.3 is 14.8 Å². The van der Waals surface area contributed by atoms with Gasteiger partial charge in [0.25, 0.3) is 5.91 Å². The third-order valence-corrected chi connectivity index (χ3v) is 4.84. The molecule has 1 fully saturated rings. The van der Waals surface area contributed by atoms with Crippen molar-refractivity contribution in [1.29, 1.82) is 0 Å². The molecule has 0 radical (unpaired) electrons.